The molecule has 0 saturated carbocycles. The molecule has 0 saturated heterocycles. The minimum Gasteiger partial charge on any atom is -0.479 e. The van der Waals surface area contributed by atoms with Crippen LogP contribution in [0.25, 0.3) is 0 Å². The van der Waals surface area contributed by atoms with E-state index in [2.05, 4.69) is 18.1 Å². The highest BCUT2D eigenvalue weighted by molar-refractivity contribution is 5.83. The largest absolute Gasteiger partial charge is 0.479 e. The van der Waals surface area contributed by atoms with Gasteiger partial charge >= 0.3 is 11.9 Å². The third kappa shape index (κ3) is 6.84. The zero-order valence-electron chi connectivity index (χ0n) is 11.9. The molecule has 0 aliphatic carbocycles. The first-order valence-electron chi connectivity index (χ1n) is 6.23. The summed E-state index contributed by atoms with van der Waals surface area (Å²) in [6, 6.07) is 2.08. The first kappa shape index (κ1) is 19.0. The Hall–Kier alpha value is -1.97. The number of hydrogen-bond acceptors (Lipinski definition) is 6. The van der Waals surface area contributed by atoms with Gasteiger partial charge in [-0.05, 0) is 32.9 Å². The van der Waals surface area contributed by atoms with E-state index in [1.165, 1.54) is 5.69 Å². The van der Waals surface area contributed by atoms with Crippen LogP contribution < -0.4 is 5.73 Å². The molecule has 1 heterocycles. The summed E-state index contributed by atoms with van der Waals surface area (Å²) in [6.45, 7) is 5.75. The van der Waals surface area contributed by atoms with Crippen molar-refractivity contribution in [1.29, 1.82) is 0 Å². The first-order chi connectivity index (χ1) is 9.70. The van der Waals surface area contributed by atoms with E-state index in [1.807, 2.05) is 11.6 Å². The summed E-state index contributed by atoms with van der Waals surface area (Å²) < 4.78 is 2.00. The lowest BCUT2D eigenvalue weighted by molar-refractivity contribution is -0.165. The smallest absolute Gasteiger partial charge is 0.335 e. The Labute approximate surface area is 121 Å². The van der Waals surface area contributed by atoms with E-state index in [4.69, 9.17) is 26.2 Å². The van der Waals surface area contributed by atoms with Gasteiger partial charge < -0.3 is 26.2 Å². The number of carboxylic acid groups (broad SMARTS) is 2. The van der Waals surface area contributed by atoms with Crippen LogP contribution in [0.15, 0.2) is 6.07 Å². The number of aliphatic hydroxyl groups is 2. The lowest BCUT2D eigenvalue weighted by Crippen LogP contribution is -2.39. The predicted molar refractivity (Wildman–Crippen MR) is 72.7 cm³/mol. The first-order valence-corrected chi connectivity index (χ1v) is 6.23. The molecule has 2 atom stereocenters. The molecule has 1 aromatic rings. The van der Waals surface area contributed by atoms with Gasteiger partial charge in [0.05, 0.1) is 5.69 Å². The maximum atomic E-state index is 9.77. The minimum atomic E-state index is -2.27. The number of aromatic nitrogens is 2. The van der Waals surface area contributed by atoms with Crippen molar-refractivity contribution < 1.29 is 30.0 Å². The molecular weight excluding hydrogens is 282 g/mol. The number of hydrogen-bond donors (Lipinski definition) is 5. The zero-order valence-corrected chi connectivity index (χ0v) is 11.9. The van der Waals surface area contributed by atoms with Crippen LogP contribution in [0.3, 0.4) is 0 Å². The van der Waals surface area contributed by atoms with Crippen LogP contribution in [-0.2, 0) is 16.1 Å². The summed E-state index contributed by atoms with van der Waals surface area (Å²) in [7, 11) is 0. The molecule has 120 valence electrons. The van der Waals surface area contributed by atoms with Crippen molar-refractivity contribution in [3.05, 3.63) is 17.5 Å². The Morgan fingerprint density at radius 2 is 1.71 bits per heavy atom. The molecule has 0 bridgehead atoms. The van der Waals surface area contributed by atoms with Crippen molar-refractivity contribution in [2.24, 2.45) is 5.73 Å². The van der Waals surface area contributed by atoms with Crippen molar-refractivity contribution >= 4 is 11.9 Å². The quantitative estimate of drug-likeness (QED) is 0.435. The van der Waals surface area contributed by atoms with Gasteiger partial charge in [-0.1, -0.05) is 0 Å². The molecular formula is C12H21N3O6. The molecule has 0 fully saturated rings. The lowest BCUT2D eigenvalue weighted by Gasteiger charge is -2.07. The average Bonchev–Trinajstić information content (AvgIpc) is 2.73. The highest BCUT2D eigenvalue weighted by atomic mass is 16.4. The number of nitrogens with zero attached hydrogens (tertiary/aromatic N) is 2. The van der Waals surface area contributed by atoms with Gasteiger partial charge in [0.1, 0.15) is 0 Å². The van der Waals surface area contributed by atoms with Crippen molar-refractivity contribution in [2.75, 3.05) is 6.54 Å². The van der Waals surface area contributed by atoms with E-state index in [1.54, 1.807) is 0 Å². The van der Waals surface area contributed by atoms with Gasteiger partial charge in [0, 0.05) is 12.2 Å². The van der Waals surface area contributed by atoms with Crippen LogP contribution in [0.1, 0.15) is 17.8 Å². The van der Waals surface area contributed by atoms with E-state index in [9.17, 15) is 9.59 Å². The van der Waals surface area contributed by atoms with E-state index in [0.29, 0.717) is 0 Å². The van der Waals surface area contributed by atoms with Crippen molar-refractivity contribution in [3.8, 4) is 0 Å². The van der Waals surface area contributed by atoms with E-state index >= 15 is 0 Å². The lowest BCUT2D eigenvalue weighted by atomic mass is 10.2. The molecule has 0 radical (unpaired) electrons. The molecule has 6 N–H and O–H groups in total. The molecule has 1 aromatic heterocycles. The molecule has 9 nitrogen and oxygen atoms in total. The fourth-order valence-corrected chi connectivity index (χ4v) is 1.41. The number of nitrogens with two attached hydrogens (primary N) is 1. The van der Waals surface area contributed by atoms with E-state index in [0.717, 1.165) is 25.2 Å². The van der Waals surface area contributed by atoms with Crippen molar-refractivity contribution in [1.82, 2.24) is 9.78 Å². The minimum absolute atomic E-state index is 0.734. The number of rotatable bonds is 6. The number of aliphatic carboxylic acids is 2. The molecule has 0 spiro atoms. The van der Waals surface area contributed by atoms with Gasteiger partial charge in [-0.3, -0.25) is 4.68 Å². The highest BCUT2D eigenvalue weighted by Crippen LogP contribution is 2.01. The monoisotopic (exact) mass is 303 g/mol. The Kier molecular flexibility index (Phi) is 8.21. The van der Waals surface area contributed by atoms with Gasteiger partial charge in [-0.25, -0.2) is 9.59 Å². The Morgan fingerprint density at radius 3 is 2.00 bits per heavy atom. The second-order valence-corrected chi connectivity index (χ2v) is 4.36. The summed E-state index contributed by atoms with van der Waals surface area (Å²) in [5, 5.41) is 36.8. The molecule has 21 heavy (non-hydrogen) atoms. The molecule has 2 unspecified atom stereocenters. The van der Waals surface area contributed by atoms with Crippen LogP contribution in [-0.4, -0.2) is 60.9 Å². The van der Waals surface area contributed by atoms with Gasteiger partial charge in [0.15, 0.2) is 12.2 Å². The van der Waals surface area contributed by atoms with Crippen molar-refractivity contribution in [2.45, 2.75) is 39.0 Å². The van der Waals surface area contributed by atoms with E-state index in [-0.39, 0.29) is 0 Å². The summed E-state index contributed by atoms with van der Waals surface area (Å²) in [5.74, 6) is -3.54. The number of carboxylic acids is 2. The highest BCUT2D eigenvalue weighted by Gasteiger charge is 2.29. The summed E-state index contributed by atoms with van der Waals surface area (Å²) in [5.41, 5.74) is 7.69. The molecule has 1 rings (SSSR count). The van der Waals surface area contributed by atoms with Crippen molar-refractivity contribution in [3.63, 3.8) is 0 Å². The zero-order chi connectivity index (χ0) is 16.6. The molecule has 0 aliphatic heterocycles. The fourth-order valence-electron chi connectivity index (χ4n) is 1.41. The van der Waals surface area contributed by atoms with Crippen LogP contribution in [0, 0.1) is 13.8 Å². The number of aliphatic hydroxyl groups excluding tert-OH is 2. The van der Waals surface area contributed by atoms with Crippen LogP contribution in [0.5, 0.6) is 0 Å². The normalized spacial score (nSPS) is 13.0. The van der Waals surface area contributed by atoms with Gasteiger partial charge in [-0.2, -0.15) is 5.10 Å². The fraction of sp³-hybridized carbons (Fsp3) is 0.583. The Morgan fingerprint density at radius 1 is 1.24 bits per heavy atom. The average molecular weight is 303 g/mol. The summed E-state index contributed by atoms with van der Waals surface area (Å²) >= 11 is 0. The SMILES string of the molecule is Cc1cc(C)n(CCCN)n1.O=C(O)C(O)C(O)C(=O)O. The summed E-state index contributed by atoms with van der Waals surface area (Å²) in [4.78, 5) is 19.5. The van der Waals surface area contributed by atoms with Gasteiger partial charge in [0.25, 0.3) is 0 Å². The predicted octanol–water partition coefficient (Wildman–Crippen LogP) is -1.27. The molecule has 0 aliphatic rings. The standard InChI is InChI=1S/C8H15N3.C4H6O6/c1-7-6-8(2)11(10-7)5-3-4-9;5-1(3(7)8)2(6)4(9)10/h6H,3-5,9H2,1-2H3;1-2,5-6H,(H,7,8)(H,9,10). The molecule has 0 amide bonds. The van der Waals surface area contributed by atoms with Crippen LogP contribution in [0.4, 0.5) is 0 Å². The summed E-state index contributed by atoms with van der Waals surface area (Å²) in [6.07, 6.45) is -3.53. The van der Waals surface area contributed by atoms with Gasteiger partial charge in [0.2, 0.25) is 0 Å². The second kappa shape index (κ2) is 9.06. The number of aryl methyl sites for hydroxylation is 3. The third-order valence-electron chi connectivity index (χ3n) is 2.48. The topological polar surface area (TPSA) is 159 Å². The second-order valence-electron chi connectivity index (χ2n) is 4.36. The molecule has 0 aromatic carbocycles. The molecule has 9 heteroatoms. The van der Waals surface area contributed by atoms with E-state index < -0.39 is 24.1 Å². The van der Waals surface area contributed by atoms with Crippen LogP contribution >= 0.6 is 0 Å². The Balaban J connectivity index is 0.000000384. The number of carbonyl (C=O) groups is 2. The maximum Gasteiger partial charge on any atom is 0.335 e. The Bertz CT molecular complexity index is 456. The van der Waals surface area contributed by atoms with Gasteiger partial charge in [-0.15, -0.1) is 0 Å². The third-order valence-corrected chi connectivity index (χ3v) is 2.48. The maximum absolute atomic E-state index is 9.77. The van der Waals surface area contributed by atoms with Crippen LogP contribution in [0.2, 0.25) is 0 Å².